The standard InChI is InChI=1S/C13H13F2N3OS/c14-11-2-1-10(5-12(11)15)20-4-3-13(19)17-7-9-6-16-8-18-9/h1-2,5-6,8H,3-4,7H2,(H,16,18)(H,17,19). The first-order chi connectivity index (χ1) is 9.65. The van der Waals surface area contributed by atoms with E-state index < -0.39 is 11.6 Å². The Morgan fingerprint density at radius 2 is 2.20 bits per heavy atom. The maximum Gasteiger partial charge on any atom is 0.221 e. The molecule has 4 nitrogen and oxygen atoms in total. The summed E-state index contributed by atoms with van der Waals surface area (Å²) in [6.07, 6.45) is 3.48. The highest BCUT2D eigenvalue weighted by atomic mass is 32.2. The van der Waals surface area contributed by atoms with E-state index in [4.69, 9.17) is 0 Å². The molecular formula is C13H13F2N3OS. The van der Waals surface area contributed by atoms with Gasteiger partial charge in [0.05, 0.1) is 18.6 Å². The maximum atomic E-state index is 13.0. The first-order valence-electron chi connectivity index (χ1n) is 5.97. The molecule has 0 saturated carbocycles. The molecule has 0 aliphatic rings. The number of imidazole rings is 1. The second kappa shape index (κ2) is 7.04. The molecule has 20 heavy (non-hydrogen) atoms. The number of halogens is 2. The molecule has 0 saturated heterocycles. The highest BCUT2D eigenvalue weighted by Gasteiger charge is 2.05. The zero-order valence-corrected chi connectivity index (χ0v) is 11.3. The van der Waals surface area contributed by atoms with Crippen LogP contribution in [0.15, 0.2) is 35.6 Å². The molecule has 0 unspecified atom stereocenters. The second-order valence-corrected chi connectivity index (χ2v) is 5.20. The lowest BCUT2D eigenvalue weighted by Gasteiger charge is -2.04. The highest BCUT2D eigenvalue weighted by molar-refractivity contribution is 7.99. The van der Waals surface area contributed by atoms with Gasteiger partial charge in [0.2, 0.25) is 5.91 Å². The Kier molecular flexibility index (Phi) is 5.11. The number of hydrogen-bond acceptors (Lipinski definition) is 3. The average Bonchev–Trinajstić information content (AvgIpc) is 2.94. The smallest absolute Gasteiger partial charge is 0.221 e. The number of carbonyl (C=O) groups excluding carboxylic acids is 1. The Labute approximate surface area is 119 Å². The molecule has 0 aliphatic heterocycles. The van der Waals surface area contributed by atoms with E-state index >= 15 is 0 Å². The zero-order chi connectivity index (χ0) is 14.4. The number of thioether (sulfide) groups is 1. The Morgan fingerprint density at radius 3 is 2.90 bits per heavy atom. The van der Waals surface area contributed by atoms with Gasteiger partial charge in [0.1, 0.15) is 0 Å². The molecule has 0 spiro atoms. The van der Waals surface area contributed by atoms with Gasteiger partial charge in [-0.25, -0.2) is 13.8 Å². The van der Waals surface area contributed by atoms with Crippen LogP contribution in [0.2, 0.25) is 0 Å². The molecule has 1 heterocycles. The van der Waals surface area contributed by atoms with Crippen molar-refractivity contribution in [2.24, 2.45) is 0 Å². The fraction of sp³-hybridized carbons (Fsp3) is 0.231. The predicted octanol–water partition coefficient (Wildman–Crippen LogP) is 2.49. The van der Waals surface area contributed by atoms with Crippen LogP contribution in [-0.2, 0) is 11.3 Å². The van der Waals surface area contributed by atoms with Crippen LogP contribution in [0.5, 0.6) is 0 Å². The lowest BCUT2D eigenvalue weighted by Crippen LogP contribution is -2.23. The summed E-state index contributed by atoms with van der Waals surface area (Å²) in [5.41, 5.74) is 0.826. The normalized spacial score (nSPS) is 10.5. The van der Waals surface area contributed by atoms with Crippen LogP contribution in [-0.4, -0.2) is 21.6 Å². The molecule has 0 aliphatic carbocycles. The van der Waals surface area contributed by atoms with Crippen molar-refractivity contribution in [3.8, 4) is 0 Å². The van der Waals surface area contributed by atoms with E-state index in [2.05, 4.69) is 15.3 Å². The van der Waals surface area contributed by atoms with E-state index in [-0.39, 0.29) is 5.91 Å². The monoisotopic (exact) mass is 297 g/mol. The molecule has 1 aromatic heterocycles. The Morgan fingerprint density at radius 1 is 1.35 bits per heavy atom. The van der Waals surface area contributed by atoms with E-state index in [1.165, 1.54) is 17.8 Å². The predicted molar refractivity (Wildman–Crippen MR) is 72.1 cm³/mol. The van der Waals surface area contributed by atoms with Crippen molar-refractivity contribution in [2.45, 2.75) is 17.9 Å². The third kappa shape index (κ3) is 4.34. The minimum Gasteiger partial charge on any atom is -0.350 e. The van der Waals surface area contributed by atoms with Gasteiger partial charge in [-0.2, -0.15) is 0 Å². The minimum atomic E-state index is -0.876. The summed E-state index contributed by atoms with van der Waals surface area (Å²) >= 11 is 1.31. The van der Waals surface area contributed by atoms with Gasteiger partial charge < -0.3 is 10.3 Å². The van der Waals surface area contributed by atoms with Crippen LogP contribution < -0.4 is 5.32 Å². The number of nitrogens with zero attached hydrogens (tertiary/aromatic N) is 1. The van der Waals surface area contributed by atoms with Gasteiger partial charge >= 0.3 is 0 Å². The number of carbonyl (C=O) groups is 1. The van der Waals surface area contributed by atoms with Crippen molar-refractivity contribution in [3.63, 3.8) is 0 Å². The molecule has 0 bridgehead atoms. The van der Waals surface area contributed by atoms with Crippen LogP contribution >= 0.6 is 11.8 Å². The number of rotatable bonds is 6. The molecule has 7 heteroatoms. The molecule has 2 N–H and O–H groups in total. The largest absolute Gasteiger partial charge is 0.350 e. The molecule has 0 radical (unpaired) electrons. The van der Waals surface area contributed by atoms with Crippen LogP contribution in [0.25, 0.3) is 0 Å². The van der Waals surface area contributed by atoms with Crippen molar-refractivity contribution in [1.29, 1.82) is 0 Å². The molecule has 2 rings (SSSR count). The zero-order valence-electron chi connectivity index (χ0n) is 10.5. The SMILES string of the molecule is O=C(CCSc1ccc(F)c(F)c1)NCc1cnc[nH]1. The van der Waals surface area contributed by atoms with Crippen molar-refractivity contribution >= 4 is 17.7 Å². The van der Waals surface area contributed by atoms with Crippen molar-refractivity contribution in [2.75, 3.05) is 5.75 Å². The van der Waals surface area contributed by atoms with Gasteiger partial charge in [0.15, 0.2) is 11.6 Å². The topological polar surface area (TPSA) is 57.8 Å². The van der Waals surface area contributed by atoms with Crippen molar-refractivity contribution in [1.82, 2.24) is 15.3 Å². The molecule has 106 valence electrons. The number of hydrogen-bond donors (Lipinski definition) is 2. The number of aromatic amines is 1. The summed E-state index contributed by atoms with van der Waals surface area (Å²) in [7, 11) is 0. The van der Waals surface area contributed by atoms with Gasteiger partial charge in [-0.3, -0.25) is 4.79 Å². The van der Waals surface area contributed by atoms with E-state index in [0.29, 0.717) is 23.6 Å². The number of aromatic nitrogens is 2. The molecule has 1 amide bonds. The van der Waals surface area contributed by atoms with Crippen LogP contribution in [0.4, 0.5) is 8.78 Å². The fourth-order valence-corrected chi connectivity index (χ4v) is 2.37. The summed E-state index contributed by atoms with van der Waals surface area (Å²) in [5, 5.41) is 2.73. The minimum absolute atomic E-state index is 0.102. The first kappa shape index (κ1) is 14.5. The average molecular weight is 297 g/mol. The quantitative estimate of drug-likeness (QED) is 0.805. The Hall–Kier alpha value is -1.89. The van der Waals surface area contributed by atoms with Gasteiger partial charge in [-0.1, -0.05) is 0 Å². The molecule has 0 fully saturated rings. The lowest BCUT2D eigenvalue weighted by molar-refractivity contribution is -0.120. The Balaban J connectivity index is 1.69. The number of H-pyrrole nitrogens is 1. The lowest BCUT2D eigenvalue weighted by atomic mass is 10.3. The van der Waals surface area contributed by atoms with Crippen molar-refractivity contribution in [3.05, 3.63) is 48.1 Å². The highest BCUT2D eigenvalue weighted by Crippen LogP contribution is 2.20. The summed E-state index contributed by atoms with van der Waals surface area (Å²) in [6.45, 7) is 0.397. The van der Waals surface area contributed by atoms with E-state index in [0.717, 1.165) is 17.8 Å². The first-order valence-corrected chi connectivity index (χ1v) is 6.95. The van der Waals surface area contributed by atoms with Gasteiger partial charge in [0.25, 0.3) is 0 Å². The molecule has 2 aromatic rings. The maximum absolute atomic E-state index is 13.0. The number of amides is 1. The molecule has 1 aromatic carbocycles. The van der Waals surface area contributed by atoms with Gasteiger partial charge in [0, 0.05) is 23.3 Å². The van der Waals surface area contributed by atoms with Crippen LogP contribution in [0.1, 0.15) is 12.1 Å². The van der Waals surface area contributed by atoms with Crippen molar-refractivity contribution < 1.29 is 13.6 Å². The molecule has 0 atom stereocenters. The van der Waals surface area contributed by atoms with E-state index in [1.807, 2.05) is 0 Å². The number of benzene rings is 1. The summed E-state index contributed by atoms with van der Waals surface area (Å²) in [4.78, 5) is 18.9. The Bertz CT molecular complexity index is 575. The van der Waals surface area contributed by atoms with E-state index in [9.17, 15) is 13.6 Å². The second-order valence-electron chi connectivity index (χ2n) is 4.03. The summed E-state index contributed by atoms with van der Waals surface area (Å²) in [5.74, 6) is -1.35. The summed E-state index contributed by atoms with van der Waals surface area (Å²) < 4.78 is 25.7. The third-order valence-electron chi connectivity index (χ3n) is 2.52. The van der Waals surface area contributed by atoms with Crippen LogP contribution in [0, 0.1) is 11.6 Å². The van der Waals surface area contributed by atoms with Gasteiger partial charge in [-0.15, -0.1) is 11.8 Å². The van der Waals surface area contributed by atoms with E-state index in [1.54, 1.807) is 12.5 Å². The third-order valence-corrected chi connectivity index (χ3v) is 3.52. The van der Waals surface area contributed by atoms with Gasteiger partial charge in [-0.05, 0) is 18.2 Å². The molecular weight excluding hydrogens is 284 g/mol. The number of nitrogens with one attached hydrogen (secondary N) is 2. The fourth-order valence-electron chi connectivity index (χ4n) is 1.49. The van der Waals surface area contributed by atoms with Crippen LogP contribution in [0.3, 0.4) is 0 Å². The summed E-state index contributed by atoms with van der Waals surface area (Å²) in [6, 6.07) is 3.70.